The highest BCUT2D eigenvalue weighted by molar-refractivity contribution is 7.99. The summed E-state index contributed by atoms with van der Waals surface area (Å²) in [7, 11) is 0. The molecule has 1 amide bonds. The quantitative estimate of drug-likeness (QED) is 0.774. The third-order valence-corrected chi connectivity index (χ3v) is 4.21. The third-order valence-electron chi connectivity index (χ3n) is 3.16. The van der Waals surface area contributed by atoms with Gasteiger partial charge in [0.1, 0.15) is 0 Å². The van der Waals surface area contributed by atoms with E-state index in [0.29, 0.717) is 12.3 Å². The van der Waals surface area contributed by atoms with Crippen LogP contribution in [0.15, 0.2) is 0 Å². The molecule has 0 spiro atoms. The normalized spacial score (nSPS) is 19.8. The number of nitrogens with one attached hydrogen (secondary N) is 1. The van der Waals surface area contributed by atoms with Crippen molar-refractivity contribution in [2.45, 2.75) is 39.2 Å². The molecule has 16 heavy (non-hydrogen) atoms. The molecule has 1 rings (SSSR count). The molecular weight excluding hydrogens is 222 g/mol. The van der Waals surface area contributed by atoms with Crippen LogP contribution in [0.2, 0.25) is 0 Å². The Bertz CT molecular complexity index is 215. The molecule has 1 aliphatic heterocycles. The van der Waals surface area contributed by atoms with E-state index in [1.807, 2.05) is 25.6 Å². The highest BCUT2D eigenvalue weighted by atomic mass is 32.2. The molecule has 1 saturated heterocycles. The first-order chi connectivity index (χ1) is 7.63. The molecule has 0 aliphatic carbocycles. The lowest BCUT2D eigenvalue weighted by Crippen LogP contribution is -2.41. The second kappa shape index (κ2) is 7.17. The summed E-state index contributed by atoms with van der Waals surface area (Å²) in [6.45, 7) is 4.06. The zero-order valence-corrected chi connectivity index (χ0v) is 11.1. The van der Waals surface area contributed by atoms with E-state index in [9.17, 15) is 4.79 Å². The van der Waals surface area contributed by atoms with Crippen LogP contribution in [0.4, 0.5) is 0 Å². The summed E-state index contributed by atoms with van der Waals surface area (Å²) >= 11 is 1.98. The lowest BCUT2D eigenvalue weighted by atomic mass is 9.97. The number of rotatable bonds is 5. The molecule has 0 radical (unpaired) electrons. The minimum atomic E-state index is -0.0922. The molecule has 1 heterocycles. The number of hydrogen-bond donors (Lipinski definition) is 2. The predicted octanol–water partition coefficient (Wildman–Crippen LogP) is 1.65. The van der Waals surface area contributed by atoms with E-state index in [-0.39, 0.29) is 24.5 Å². The van der Waals surface area contributed by atoms with Gasteiger partial charge in [-0.1, -0.05) is 13.8 Å². The van der Waals surface area contributed by atoms with Crippen LogP contribution in [0.25, 0.3) is 0 Å². The summed E-state index contributed by atoms with van der Waals surface area (Å²) in [5, 5.41) is 12.1. The van der Waals surface area contributed by atoms with Crippen molar-refractivity contribution in [1.82, 2.24) is 5.32 Å². The van der Waals surface area contributed by atoms with Crippen molar-refractivity contribution >= 4 is 17.7 Å². The molecule has 0 bridgehead atoms. The van der Waals surface area contributed by atoms with E-state index in [4.69, 9.17) is 5.11 Å². The van der Waals surface area contributed by atoms with Gasteiger partial charge in [0.25, 0.3) is 0 Å². The Hall–Kier alpha value is -0.220. The molecule has 2 N–H and O–H groups in total. The van der Waals surface area contributed by atoms with Crippen molar-refractivity contribution in [2.75, 3.05) is 18.1 Å². The lowest BCUT2D eigenvalue weighted by molar-refractivity contribution is -0.123. The smallest absolute Gasteiger partial charge is 0.220 e. The number of amides is 1. The molecular formula is C12H23NO2S. The fourth-order valence-electron chi connectivity index (χ4n) is 1.90. The van der Waals surface area contributed by atoms with Crippen molar-refractivity contribution < 1.29 is 9.90 Å². The molecule has 1 fully saturated rings. The number of hydrogen-bond acceptors (Lipinski definition) is 3. The molecule has 0 aromatic heterocycles. The first-order valence-electron chi connectivity index (χ1n) is 6.11. The zero-order valence-electron chi connectivity index (χ0n) is 10.2. The number of carbonyl (C=O) groups is 1. The van der Waals surface area contributed by atoms with Crippen LogP contribution in [0.3, 0.4) is 0 Å². The lowest BCUT2D eigenvalue weighted by Gasteiger charge is -2.24. The van der Waals surface area contributed by atoms with E-state index < -0.39 is 0 Å². The molecule has 0 aromatic rings. The van der Waals surface area contributed by atoms with Gasteiger partial charge in [0.2, 0.25) is 5.91 Å². The Kier molecular flexibility index (Phi) is 6.21. The van der Waals surface area contributed by atoms with Gasteiger partial charge >= 0.3 is 0 Å². The maximum absolute atomic E-state index is 11.8. The van der Waals surface area contributed by atoms with E-state index in [2.05, 4.69) is 5.32 Å². The Morgan fingerprint density at radius 3 is 2.56 bits per heavy atom. The van der Waals surface area contributed by atoms with Crippen molar-refractivity contribution in [2.24, 2.45) is 11.8 Å². The fourth-order valence-corrected chi connectivity index (χ4v) is 3.11. The summed E-state index contributed by atoms with van der Waals surface area (Å²) < 4.78 is 0. The summed E-state index contributed by atoms with van der Waals surface area (Å²) in [6, 6.07) is -0.0922. The summed E-state index contributed by atoms with van der Waals surface area (Å²) in [5.74, 6) is 3.31. The highest BCUT2D eigenvalue weighted by Gasteiger charge is 2.20. The van der Waals surface area contributed by atoms with Gasteiger partial charge in [0.15, 0.2) is 0 Å². The molecule has 0 aromatic carbocycles. The van der Waals surface area contributed by atoms with Crippen LogP contribution in [0, 0.1) is 11.8 Å². The summed E-state index contributed by atoms with van der Waals surface area (Å²) in [6.07, 6.45) is 2.94. The van der Waals surface area contributed by atoms with Crippen LogP contribution in [-0.2, 0) is 4.79 Å². The minimum Gasteiger partial charge on any atom is -0.394 e. The first kappa shape index (κ1) is 13.8. The number of carbonyl (C=O) groups excluding carboxylic acids is 1. The van der Waals surface area contributed by atoms with Crippen LogP contribution in [0.1, 0.15) is 33.1 Å². The Labute approximate surface area is 102 Å². The molecule has 3 nitrogen and oxygen atoms in total. The maximum atomic E-state index is 11.8. The van der Waals surface area contributed by atoms with Crippen molar-refractivity contribution in [3.05, 3.63) is 0 Å². The van der Waals surface area contributed by atoms with E-state index in [1.165, 1.54) is 11.5 Å². The van der Waals surface area contributed by atoms with Crippen LogP contribution in [-0.4, -0.2) is 35.2 Å². The van der Waals surface area contributed by atoms with Crippen LogP contribution in [0.5, 0.6) is 0 Å². The highest BCUT2D eigenvalue weighted by Crippen LogP contribution is 2.25. The maximum Gasteiger partial charge on any atom is 0.220 e. The monoisotopic (exact) mass is 245 g/mol. The second-order valence-electron chi connectivity index (χ2n) is 4.86. The van der Waals surface area contributed by atoms with Crippen molar-refractivity contribution in [1.29, 1.82) is 0 Å². The average Bonchev–Trinajstić information content (AvgIpc) is 2.27. The van der Waals surface area contributed by atoms with E-state index >= 15 is 0 Å². The molecule has 0 saturated carbocycles. The topological polar surface area (TPSA) is 49.3 Å². The van der Waals surface area contributed by atoms with Gasteiger partial charge < -0.3 is 10.4 Å². The largest absolute Gasteiger partial charge is 0.394 e. The fraction of sp³-hybridized carbons (Fsp3) is 0.917. The zero-order chi connectivity index (χ0) is 12.0. The summed E-state index contributed by atoms with van der Waals surface area (Å²) in [4.78, 5) is 11.8. The van der Waals surface area contributed by atoms with E-state index in [0.717, 1.165) is 12.8 Å². The number of thioether (sulfide) groups is 1. The Morgan fingerprint density at radius 1 is 1.44 bits per heavy atom. The van der Waals surface area contributed by atoms with Gasteiger partial charge in [-0.05, 0) is 36.2 Å². The van der Waals surface area contributed by atoms with Crippen LogP contribution < -0.4 is 5.32 Å². The molecule has 1 atom stereocenters. The number of aliphatic hydroxyl groups is 1. The molecule has 1 unspecified atom stereocenters. The number of aliphatic hydroxyl groups excluding tert-OH is 1. The Balaban J connectivity index is 2.28. The SMILES string of the molecule is CC(C)C(CO)NC(=O)CC1CCSCC1. The van der Waals surface area contributed by atoms with Gasteiger partial charge in [-0.2, -0.15) is 11.8 Å². The van der Waals surface area contributed by atoms with Gasteiger partial charge in [-0.25, -0.2) is 0 Å². The van der Waals surface area contributed by atoms with Gasteiger partial charge in [0.05, 0.1) is 12.6 Å². The van der Waals surface area contributed by atoms with Crippen LogP contribution >= 0.6 is 11.8 Å². The standard InChI is InChI=1S/C12H23NO2S/c1-9(2)11(8-14)13-12(15)7-10-3-5-16-6-4-10/h9-11,14H,3-8H2,1-2H3,(H,13,15). The predicted molar refractivity (Wildman–Crippen MR) is 68.5 cm³/mol. The van der Waals surface area contributed by atoms with Gasteiger partial charge in [0, 0.05) is 6.42 Å². The molecule has 4 heteroatoms. The van der Waals surface area contributed by atoms with Gasteiger partial charge in [-0.15, -0.1) is 0 Å². The third kappa shape index (κ3) is 4.74. The van der Waals surface area contributed by atoms with E-state index in [1.54, 1.807) is 0 Å². The molecule has 94 valence electrons. The van der Waals surface area contributed by atoms with Crippen molar-refractivity contribution in [3.8, 4) is 0 Å². The first-order valence-corrected chi connectivity index (χ1v) is 7.27. The van der Waals surface area contributed by atoms with Gasteiger partial charge in [-0.3, -0.25) is 4.79 Å². The Morgan fingerprint density at radius 2 is 2.06 bits per heavy atom. The molecule has 1 aliphatic rings. The minimum absolute atomic E-state index is 0.0317. The second-order valence-corrected chi connectivity index (χ2v) is 6.09. The average molecular weight is 245 g/mol. The van der Waals surface area contributed by atoms with Crippen molar-refractivity contribution in [3.63, 3.8) is 0 Å². The summed E-state index contributed by atoms with van der Waals surface area (Å²) in [5.41, 5.74) is 0.